The number of halogens is 3. The highest BCUT2D eigenvalue weighted by molar-refractivity contribution is 5.93. The normalized spacial score (nSPS) is 14.2. The molecule has 0 radical (unpaired) electrons. The van der Waals surface area contributed by atoms with Gasteiger partial charge in [-0.25, -0.2) is 0 Å². The van der Waals surface area contributed by atoms with Crippen molar-refractivity contribution in [2.24, 2.45) is 5.41 Å². The van der Waals surface area contributed by atoms with Crippen LogP contribution < -0.4 is 5.32 Å². The van der Waals surface area contributed by atoms with E-state index in [0.29, 0.717) is 12.2 Å². The van der Waals surface area contributed by atoms with Crippen LogP contribution in [0.25, 0.3) is 0 Å². The third-order valence-corrected chi connectivity index (χ3v) is 2.90. The molecule has 1 aromatic heterocycles. The molecule has 0 aromatic carbocycles. The monoisotopic (exact) mass is 291 g/mol. The van der Waals surface area contributed by atoms with Gasteiger partial charge in [0.25, 0.3) is 5.91 Å². The molecule has 4 nitrogen and oxygen atoms in total. The Hall–Kier alpha value is -1.53. The summed E-state index contributed by atoms with van der Waals surface area (Å²) in [5.41, 5.74) is -0.389. The van der Waals surface area contributed by atoms with Gasteiger partial charge in [-0.05, 0) is 25.3 Å². The summed E-state index contributed by atoms with van der Waals surface area (Å²) in [5.74, 6) is -0.760. The van der Waals surface area contributed by atoms with E-state index in [0.717, 1.165) is 0 Å². The zero-order chi connectivity index (χ0) is 15.7. The topological polar surface area (TPSA) is 46.9 Å². The predicted molar refractivity (Wildman–Crippen MR) is 69.4 cm³/mol. The zero-order valence-corrected chi connectivity index (χ0v) is 12.3. The second-order valence-electron chi connectivity index (χ2n) is 5.80. The number of hydrogen-bond donors (Lipinski definition) is 1. The van der Waals surface area contributed by atoms with E-state index in [1.165, 1.54) is 31.5 Å². The summed E-state index contributed by atoms with van der Waals surface area (Å²) in [6.45, 7) is 8.19. The summed E-state index contributed by atoms with van der Waals surface area (Å²) in [6, 6.07) is -0.433. The molecular formula is C13H20F3N3O. The second-order valence-corrected chi connectivity index (χ2v) is 5.80. The summed E-state index contributed by atoms with van der Waals surface area (Å²) in [7, 11) is 0. The van der Waals surface area contributed by atoms with Gasteiger partial charge in [-0.15, -0.1) is 0 Å². The molecule has 1 atom stereocenters. The van der Waals surface area contributed by atoms with Crippen molar-refractivity contribution < 1.29 is 18.0 Å². The number of nitrogens with one attached hydrogen (secondary N) is 1. The van der Waals surface area contributed by atoms with Crippen LogP contribution in [0.1, 0.15) is 43.9 Å². The van der Waals surface area contributed by atoms with Crippen molar-refractivity contribution in [1.29, 1.82) is 0 Å². The molecule has 1 rings (SSSR count). The van der Waals surface area contributed by atoms with Gasteiger partial charge in [0.1, 0.15) is 11.7 Å². The first-order valence-electron chi connectivity index (χ1n) is 6.38. The van der Waals surface area contributed by atoms with Crippen LogP contribution in [0.3, 0.4) is 0 Å². The van der Waals surface area contributed by atoms with E-state index in [9.17, 15) is 18.0 Å². The molecule has 0 unspecified atom stereocenters. The largest absolute Gasteiger partial charge is 0.409 e. The van der Waals surface area contributed by atoms with Gasteiger partial charge in [0.2, 0.25) is 0 Å². The van der Waals surface area contributed by atoms with E-state index >= 15 is 0 Å². The SMILES string of the molecule is CCn1nc(C)cc1C(=O)N[C@@H](C(C)(C)C)C(F)(F)F. The van der Waals surface area contributed by atoms with Crippen LogP contribution in [0.15, 0.2) is 6.07 Å². The highest BCUT2D eigenvalue weighted by Gasteiger charge is 2.48. The summed E-state index contributed by atoms with van der Waals surface area (Å²) in [6.07, 6.45) is -4.50. The number of aromatic nitrogens is 2. The third kappa shape index (κ3) is 3.74. The van der Waals surface area contributed by atoms with E-state index in [-0.39, 0.29) is 5.69 Å². The molecule has 7 heteroatoms. The molecule has 0 fully saturated rings. The number of aryl methyl sites for hydroxylation is 2. The van der Waals surface area contributed by atoms with Crippen LogP contribution in [0.2, 0.25) is 0 Å². The smallest absolute Gasteiger partial charge is 0.339 e. The van der Waals surface area contributed by atoms with Crippen molar-refractivity contribution >= 4 is 5.91 Å². The van der Waals surface area contributed by atoms with Crippen LogP contribution in [-0.2, 0) is 6.54 Å². The van der Waals surface area contributed by atoms with Crippen molar-refractivity contribution in [3.8, 4) is 0 Å². The first-order valence-corrected chi connectivity index (χ1v) is 6.38. The molecular weight excluding hydrogens is 271 g/mol. The minimum atomic E-state index is -4.50. The maximum atomic E-state index is 13.0. The summed E-state index contributed by atoms with van der Waals surface area (Å²) < 4.78 is 40.5. The number of carbonyl (C=O) groups excluding carboxylic acids is 1. The summed E-state index contributed by atoms with van der Waals surface area (Å²) in [5, 5.41) is 6.13. The highest BCUT2D eigenvalue weighted by atomic mass is 19.4. The standard InChI is InChI=1S/C13H20F3N3O/c1-6-19-9(7-8(2)18-19)10(20)17-11(12(3,4)5)13(14,15)16/h7,11H,6H2,1-5H3,(H,17,20)/t11-/m0/s1. The molecule has 20 heavy (non-hydrogen) atoms. The Kier molecular flexibility index (Phi) is 4.51. The quantitative estimate of drug-likeness (QED) is 0.930. The Morgan fingerprint density at radius 1 is 1.40 bits per heavy atom. The molecule has 0 aliphatic carbocycles. The Bertz CT molecular complexity index is 472. The van der Waals surface area contributed by atoms with Gasteiger partial charge in [-0.1, -0.05) is 20.8 Å². The summed E-state index contributed by atoms with van der Waals surface area (Å²) >= 11 is 0. The van der Waals surface area contributed by atoms with Crippen molar-refractivity contribution in [2.45, 2.75) is 53.4 Å². The Morgan fingerprint density at radius 2 is 1.95 bits per heavy atom. The molecule has 0 bridgehead atoms. The van der Waals surface area contributed by atoms with Gasteiger partial charge < -0.3 is 5.32 Å². The Labute approximate surface area is 116 Å². The lowest BCUT2D eigenvalue weighted by Gasteiger charge is -2.32. The molecule has 114 valence electrons. The second kappa shape index (κ2) is 5.46. The Balaban J connectivity index is 3.03. The first kappa shape index (κ1) is 16.5. The van der Waals surface area contributed by atoms with Crippen LogP contribution in [-0.4, -0.2) is 27.9 Å². The van der Waals surface area contributed by atoms with E-state index in [1.54, 1.807) is 13.8 Å². The number of hydrogen-bond acceptors (Lipinski definition) is 2. The molecule has 0 spiro atoms. The predicted octanol–water partition coefficient (Wildman–Crippen LogP) is 2.92. The fraction of sp³-hybridized carbons (Fsp3) is 0.692. The van der Waals surface area contributed by atoms with Crippen LogP contribution in [0.5, 0.6) is 0 Å². The van der Waals surface area contributed by atoms with Gasteiger partial charge in [0, 0.05) is 6.54 Å². The molecule has 0 aliphatic rings. The lowest BCUT2D eigenvalue weighted by molar-refractivity contribution is -0.174. The molecule has 1 aromatic rings. The average molecular weight is 291 g/mol. The number of amides is 1. The van der Waals surface area contributed by atoms with Crippen molar-refractivity contribution in [3.63, 3.8) is 0 Å². The number of nitrogens with zero attached hydrogens (tertiary/aromatic N) is 2. The van der Waals surface area contributed by atoms with Gasteiger partial charge >= 0.3 is 6.18 Å². The lowest BCUT2D eigenvalue weighted by atomic mass is 9.86. The van der Waals surface area contributed by atoms with E-state index in [1.807, 2.05) is 0 Å². The van der Waals surface area contributed by atoms with Gasteiger partial charge in [-0.2, -0.15) is 18.3 Å². The Morgan fingerprint density at radius 3 is 2.35 bits per heavy atom. The molecule has 0 saturated carbocycles. The van der Waals surface area contributed by atoms with Crippen molar-refractivity contribution in [2.75, 3.05) is 0 Å². The lowest BCUT2D eigenvalue weighted by Crippen LogP contribution is -2.53. The molecule has 1 heterocycles. The highest BCUT2D eigenvalue weighted by Crippen LogP contribution is 2.33. The van der Waals surface area contributed by atoms with Crippen LogP contribution in [0, 0.1) is 12.3 Å². The fourth-order valence-corrected chi connectivity index (χ4v) is 1.96. The first-order chi connectivity index (χ1) is 8.96. The molecule has 1 amide bonds. The van der Waals surface area contributed by atoms with Gasteiger partial charge in [0.15, 0.2) is 0 Å². The maximum Gasteiger partial charge on any atom is 0.409 e. The fourth-order valence-electron chi connectivity index (χ4n) is 1.96. The minimum Gasteiger partial charge on any atom is -0.339 e. The molecule has 0 saturated heterocycles. The number of alkyl halides is 3. The van der Waals surface area contributed by atoms with E-state index < -0.39 is 23.5 Å². The van der Waals surface area contributed by atoms with E-state index in [2.05, 4.69) is 10.4 Å². The van der Waals surface area contributed by atoms with Crippen molar-refractivity contribution in [3.05, 3.63) is 17.5 Å². The molecule has 1 N–H and O–H groups in total. The maximum absolute atomic E-state index is 13.0. The van der Waals surface area contributed by atoms with Gasteiger partial charge in [0.05, 0.1) is 5.69 Å². The minimum absolute atomic E-state index is 0.142. The van der Waals surface area contributed by atoms with Crippen LogP contribution in [0.4, 0.5) is 13.2 Å². The third-order valence-electron chi connectivity index (χ3n) is 2.90. The van der Waals surface area contributed by atoms with Crippen molar-refractivity contribution in [1.82, 2.24) is 15.1 Å². The average Bonchev–Trinajstić information content (AvgIpc) is 2.64. The van der Waals surface area contributed by atoms with E-state index in [4.69, 9.17) is 0 Å². The van der Waals surface area contributed by atoms with Crippen LogP contribution >= 0.6 is 0 Å². The number of carbonyl (C=O) groups is 1. The molecule has 0 aliphatic heterocycles. The van der Waals surface area contributed by atoms with Gasteiger partial charge in [-0.3, -0.25) is 9.48 Å². The zero-order valence-electron chi connectivity index (χ0n) is 12.3. The number of rotatable bonds is 3. The summed E-state index contributed by atoms with van der Waals surface area (Å²) in [4.78, 5) is 12.1.